The minimum Gasteiger partial charge on any atom is -0.493 e. The van der Waals surface area contributed by atoms with Crippen LogP contribution in [0.3, 0.4) is 0 Å². The molecule has 1 atom stereocenters. The lowest BCUT2D eigenvalue weighted by Gasteiger charge is -2.08. The Kier molecular flexibility index (Phi) is 6.02. The van der Waals surface area contributed by atoms with Crippen LogP contribution in [0.15, 0.2) is 16.3 Å². The van der Waals surface area contributed by atoms with Crippen molar-refractivity contribution in [3.8, 4) is 5.75 Å². The molecule has 1 saturated heterocycles. The van der Waals surface area contributed by atoms with E-state index in [0.29, 0.717) is 6.07 Å². The van der Waals surface area contributed by atoms with Gasteiger partial charge in [0.25, 0.3) is 0 Å². The number of carbonyl (C=O) groups is 2. The molecule has 1 aliphatic heterocycles. The summed E-state index contributed by atoms with van der Waals surface area (Å²) in [7, 11) is 0. The maximum Gasteiger partial charge on any atom is 0.305 e. The largest absolute Gasteiger partial charge is 0.493 e. The first kappa shape index (κ1) is 18.8. The summed E-state index contributed by atoms with van der Waals surface area (Å²) >= 11 is 0.842. The number of rotatable bonds is 6. The van der Waals surface area contributed by atoms with E-state index < -0.39 is 46.6 Å². The second-order valence-electron chi connectivity index (χ2n) is 4.67. The summed E-state index contributed by atoms with van der Waals surface area (Å²) in [5.74, 6) is -6.52. The molecule has 1 amide bonds. The van der Waals surface area contributed by atoms with Crippen LogP contribution in [0.25, 0.3) is 0 Å². The van der Waals surface area contributed by atoms with Crippen molar-refractivity contribution < 1.29 is 32.6 Å². The molecule has 7 nitrogen and oxygen atoms in total. The smallest absolute Gasteiger partial charge is 0.305 e. The predicted octanol–water partition coefficient (Wildman–Crippen LogP) is 1.90. The van der Waals surface area contributed by atoms with E-state index in [1.54, 1.807) is 6.92 Å². The van der Waals surface area contributed by atoms with E-state index in [9.17, 15) is 22.8 Å². The molecule has 2 N–H and O–H groups in total. The normalized spacial score (nSPS) is 18.8. The number of amidine groups is 1. The summed E-state index contributed by atoms with van der Waals surface area (Å²) in [5.41, 5.74) is -0.443. The number of carbonyl (C=O) groups excluding carboxylic acids is 1. The van der Waals surface area contributed by atoms with Gasteiger partial charge in [0, 0.05) is 6.07 Å². The number of carboxylic acids is 1. The van der Waals surface area contributed by atoms with Crippen molar-refractivity contribution in [2.45, 2.75) is 18.6 Å². The van der Waals surface area contributed by atoms with Gasteiger partial charge in [0.15, 0.2) is 22.6 Å². The molecule has 0 spiro atoms. The molecule has 2 rings (SSSR count). The van der Waals surface area contributed by atoms with Gasteiger partial charge in [-0.1, -0.05) is 11.8 Å². The summed E-state index contributed by atoms with van der Waals surface area (Å²) in [6.45, 7) is 1.66. The van der Waals surface area contributed by atoms with Gasteiger partial charge in [0.1, 0.15) is 11.0 Å². The summed E-state index contributed by atoms with van der Waals surface area (Å²) < 4.78 is 45.4. The van der Waals surface area contributed by atoms with Crippen molar-refractivity contribution in [1.82, 2.24) is 5.32 Å². The molecular formula is C14H12F3N3O4S. The first-order chi connectivity index (χ1) is 11.8. The van der Waals surface area contributed by atoms with Gasteiger partial charge in [-0.25, -0.2) is 13.2 Å². The van der Waals surface area contributed by atoms with E-state index >= 15 is 0 Å². The van der Waals surface area contributed by atoms with Crippen molar-refractivity contribution in [2.24, 2.45) is 10.2 Å². The Bertz CT molecular complexity index is 770. The van der Waals surface area contributed by atoms with Crippen LogP contribution in [0.1, 0.15) is 18.9 Å². The molecule has 0 aliphatic carbocycles. The number of nitrogens with one attached hydrogen (secondary N) is 1. The van der Waals surface area contributed by atoms with Crippen LogP contribution in [-0.2, 0) is 9.59 Å². The van der Waals surface area contributed by atoms with Gasteiger partial charge in [-0.2, -0.15) is 5.10 Å². The summed E-state index contributed by atoms with van der Waals surface area (Å²) in [4.78, 5) is 22.1. The van der Waals surface area contributed by atoms with E-state index in [2.05, 4.69) is 15.5 Å². The fraction of sp³-hybridized carbons (Fsp3) is 0.286. The molecule has 11 heteroatoms. The summed E-state index contributed by atoms with van der Waals surface area (Å²) in [6, 6.07) is 0.686. The Balaban J connectivity index is 2.21. The zero-order valence-electron chi connectivity index (χ0n) is 12.8. The second-order valence-corrected chi connectivity index (χ2v) is 5.87. The van der Waals surface area contributed by atoms with E-state index in [1.807, 2.05) is 0 Å². The van der Waals surface area contributed by atoms with Gasteiger partial charge in [-0.15, -0.1) is 5.10 Å². The first-order valence-corrected chi connectivity index (χ1v) is 7.82. The lowest BCUT2D eigenvalue weighted by atomic mass is 10.2. The molecule has 1 aromatic carbocycles. The van der Waals surface area contributed by atoms with Crippen LogP contribution in [0.2, 0.25) is 0 Å². The van der Waals surface area contributed by atoms with E-state index in [0.717, 1.165) is 18.0 Å². The van der Waals surface area contributed by atoms with E-state index in [4.69, 9.17) is 9.84 Å². The van der Waals surface area contributed by atoms with Gasteiger partial charge in [0.2, 0.25) is 5.91 Å². The molecule has 0 aromatic heterocycles. The van der Waals surface area contributed by atoms with Gasteiger partial charge in [0.05, 0.1) is 24.8 Å². The third-order valence-electron chi connectivity index (χ3n) is 2.93. The van der Waals surface area contributed by atoms with E-state index in [1.165, 1.54) is 0 Å². The number of ether oxygens (including phenoxy) is 1. The van der Waals surface area contributed by atoms with Gasteiger partial charge >= 0.3 is 5.97 Å². The Morgan fingerprint density at radius 1 is 1.44 bits per heavy atom. The number of thioether (sulfide) groups is 1. The van der Waals surface area contributed by atoms with Gasteiger partial charge in [-0.3, -0.25) is 9.59 Å². The second kappa shape index (κ2) is 8.01. The topological polar surface area (TPSA) is 100 Å². The average molecular weight is 375 g/mol. The number of benzene rings is 1. The zero-order valence-corrected chi connectivity index (χ0v) is 13.6. The average Bonchev–Trinajstić information content (AvgIpc) is 2.87. The highest BCUT2D eigenvalue weighted by Gasteiger charge is 2.32. The summed E-state index contributed by atoms with van der Waals surface area (Å²) in [5, 5.41) is 17.3. The molecule has 0 saturated carbocycles. The SMILES string of the molecule is CCOc1cc(F)c(F)c(F)c1C=NN=C1NC(=O)C(CC(=O)O)S1. The minimum absolute atomic E-state index is 0.00783. The quantitative estimate of drug-likeness (QED) is 0.449. The molecule has 1 fully saturated rings. The lowest BCUT2D eigenvalue weighted by molar-refractivity contribution is -0.138. The molecule has 0 bridgehead atoms. The van der Waals surface area contributed by atoms with Gasteiger partial charge in [-0.05, 0) is 6.92 Å². The Morgan fingerprint density at radius 3 is 2.80 bits per heavy atom. The van der Waals surface area contributed by atoms with Crippen LogP contribution < -0.4 is 10.1 Å². The highest BCUT2D eigenvalue weighted by molar-refractivity contribution is 8.15. The number of nitrogens with zero attached hydrogens (tertiary/aromatic N) is 2. The fourth-order valence-electron chi connectivity index (χ4n) is 1.87. The third kappa shape index (κ3) is 4.50. The highest BCUT2D eigenvalue weighted by atomic mass is 32.2. The predicted molar refractivity (Wildman–Crippen MR) is 84.3 cm³/mol. The van der Waals surface area contributed by atoms with Gasteiger partial charge < -0.3 is 15.2 Å². The van der Waals surface area contributed by atoms with Crippen molar-refractivity contribution in [3.63, 3.8) is 0 Å². The lowest BCUT2D eigenvalue weighted by Crippen LogP contribution is -2.26. The molecular weight excluding hydrogens is 363 g/mol. The zero-order chi connectivity index (χ0) is 18.6. The first-order valence-electron chi connectivity index (χ1n) is 6.94. The molecule has 1 aromatic rings. The van der Waals surface area contributed by atoms with Crippen LogP contribution in [0.5, 0.6) is 5.75 Å². The standard InChI is InChI=1S/C14H12F3N3O4S/c1-2-24-8-3-7(15)12(17)11(16)6(8)5-18-20-14-19-13(23)9(25-14)4-10(21)22/h3,5,9H,2,4H2,1H3,(H,21,22)(H,19,20,23). The number of carboxylic acid groups (broad SMARTS) is 1. The van der Waals surface area contributed by atoms with Crippen LogP contribution in [0, 0.1) is 17.5 Å². The number of hydrogen-bond donors (Lipinski definition) is 2. The molecule has 1 heterocycles. The number of halogens is 3. The van der Waals surface area contributed by atoms with Crippen molar-refractivity contribution >= 4 is 35.0 Å². The number of amides is 1. The maximum atomic E-state index is 13.8. The Hall–Kier alpha value is -2.56. The van der Waals surface area contributed by atoms with Crippen LogP contribution in [0.4, 0.5) is 13.2 Å². The number of hydrogen-bond acceptors (Lipinski definition) is 6. The minimum atomic E-state index is -1.68. The van der Waals surface area contributed by atoms with Crippen molar-refractivity contribution in [3.05, 3.63) is 29.1 Å². The van der Waals surface area contributed by atoms with Crippen molar-refractivity contribution in [2.75, 3.05) is 6.61 Å². The summed E-state index contributed by atoms with van der Waals surface area (Å²) in [6.07, 6.45) is 0.415. The fourth-order valence-corrected chi connectivity index (χ4v) is 2.78. The maximum absolute atomic E-state index is 13.8. The molecule has 25 heavy (non-hydrogen) atoms. The third-order valence-corrected chi connectivity index (χ3v) is 4.01. The molecule has 134 valence electrons. The van der Waals surface area contributed by atoms with E-state index in [-0.39, 0.29) is 17.5 Å². The number of aliphatic carboxylic acids is 1. The molecule has 0 radical (unpaired) electrons. The van der Waals surface area contributed by atoms with Crippen molar-refractivity contribution in [1.29, 1.82) is 0 Å². The monoisotopic (exact) mass is 375 g/mol. The van der Waals surface area contributed by atoms with Crippen LogP contribution in [-0.4, -0.2) is 40.2 Å². The molecule has 1 unspecified atom stereocenters. The Labute approximate surface area is 144 Å². The Morgan fingerprint density at radius 2 is 2.16 bits per heavy atom. The molecule has 1 aliphatic rings. The highest BCUT2D eigenvalue weighted by Crippen LogP contribution is 2.26. The van der Waals surface area contributed by atoms with Crippen LogP contribution >= 0.6 is 11.8 Å².